The predicted molar refractivity (Wildman–Crippen MR) is 16.5 cm³/mol. The first-order chi connectivity index (χ1) is 2.56. The zero-order valence-corrected chi connectivity index (χ0v) is 7.45. The third-order valence-electron chi connectivity index (χ3n) is 0.0833. The molecule has 38 valence electrons. The molecule has 0 saturated heterocycles. The Morgan fingerprint density at radius 1 is 1.43 bits per heavy atom. The third-order valence-corrected chi connectivity index (χ3v) is 0.250. The number of rotatable bonds is 1. The third kappa shape index (κ3) is 11.1. The average molecular weight is 200 g/mol. The molecule has 0 amide bonds. The summed E-state index contributed by atoms with van der Waals surface area (Å²) in [5, 5.41) is 8.55. The van der Waals surface area contributed by atoms with E-state index >= 15 is 0 Å². The van der Waals surface area contributed by atoms with E-state index in [2.05, 4.69) is 4.33 Å². The smallest absolute Gasteiger partial charge is 0.726 e. The van der Waals surface area contributed by atoms with Crippen molar-refractivity contribution in [3.8, 4) is 0 Å². The van der Waals surface area contributed by atoms with E-state index in [9.17, 15) is 0 Å². The molecule has 0 heterocycles. The molecule has 0 bridgehead atoms. The van der Waals surface area contributed by atoms with Crippen LogP contribution in [0.15, 0.2) is 0 Å². The molecule has 0 fully saturated rings. The maximum absolute atomic E-state index is 8.91. The van der Waals surface area contributed by atoms with Crippen molar-refractivity contribution in [3.05, 3.63) is 0 Å². The molecule has 0 N–H and O–H groups in total. The van der Waals surface area contributed by atoms with Gasteiger partial charge in [-0.15, -0.1) is 0 Å². The molecule has 0 spiro atoms. The van der Waals surface area contributed by atoms with Gasteiger partial charge in [0.2, 0.25) is 10.4 Å². The van der Waals surface area contributed by atoms with Gasteiger partial charge in [-0.25, -0.2) is 8.42 Å². The SMILES string of the molecule is O=S(=O)([O-])O[O-].[Sr+2]. The average Bonchev–Trinajstić information content (AvgIpc) is 1.35. The first-order valence-electron chi connectivity index (χ1n) is 0.833. The second kappa shape index (κ2) is 4.22. The second-order valence-electron chi connectivity index (χ2n) is 0.476. The molecule has 0 aromatic carbocycles. The van der Waals surface area contributed by atoms with E-state index in [1.165, 1.54) is 0 Å². The molecule has 7 heteroatoms. The molecule has 0 aromatic heterocycles. The topological polar surface area (TPSA) is 89.5 Å². The molecule has 0 rings (SSSR count). The molecule has 0 radical (unpaired) electrons. The molecular formula is O5SSr. The first kappa shape index (κ1) is 11.2. The Kier molecular flexibility index (Phi) is 6.72. The van der Waals surface area contributed by atoms with Gasteiger partial charge in [0.05, 0.1) is 0 Å². The van der Waals surface area contributed by atoms with Gasteiger partial charge in [0.1, 0.15) is 0 Å². The van der Waals surface area contributed by atoms with Gasteiger partial charge >= 0.3 is 45.5 Å². The van der Waals surface area contributed by atoms with Gasteiger partial charge in [0.15, 0.2) is 0 Å². The normalized spacial score (nSPS) is 10.0. The maximum Gasteiger partial charge on any atom is 2.00 e. The van der Waals surface area contributed by atoms with Crippen LogP contribution >= 0.6 is 0 Å². The van der Waals surface area contributed by atoms with Crippen LogP contribution in [0.5, 0.6) is 0 Å². The van der Waals surface area contributed by atoms with Gasteiger partial charge in [0, 0.05) is 0 Å². The zero-order chi connectivity index (χ0) is 5.21. The van der Waals surface area contributed by atoms with Crippen LogP contribution in [-0.2, 0) is 14.7 Å². The first-order valence-corrected chi connectivity index (χ1v) is 2.17. The standard InChI is InChI=1S/H2O5S.Sr/c1-5-6(2,3)4;/h1H,(H,2,3,4);/q;+2/p-2. The van der Waals surface area contributed by atoms with Crippen molar-refractivity contribution in [1.29, 1.82) is 0 Å². The molecule has 7 heavy (non-hydrogen) atoms. The van der Waals surface area contributed by atoms with E-state index in [-0.39, 0.29) is 45.5 Å². The van der Waals surface area contributed by atoms with E-state index in [4.69, 9.17) is 18.2 Å². The van der Waals surface area contributed by atoms with Crippen molar-refractivity contribution in [2.75, 3.05) is 0 Å². The molecule has 0 aliphatic heterocycles. The summed E-state index contributed by atoms with van der Waals surface area (Å²) >= 11 is 0. The minimum Gasteiger partial charge on any atom is -0.726 e. The van der Waals surface area contributed by atoms with Gasteiger partial charge < -0.3 is 14.1 Å². The van der Waals surface area contributed by atoms with Crippen LogP contribution in [0, 0.1) is 0 Å². The van der Waals surface area contributed by atoms with Crippen molar-refractivity contribution in [3.63, 3.8) is 0 Å². The molecule has 0 aliphatic carbocycles. The fourth-order valence-electron chi connectivity index (χ4n) is 0. The predicted octanol–water partition coefficient (Wildman–Crippen LogP) is -2.64. The quantitative estimate of drug-likeness (QED) is 0.151. The fourth-order valence-corrected chi connectivity index (χ4v) is 0. The summed E-state index contributed by atoms with van der Waals surface area (Å²) < 4.78 is 28.8. The molecular weight excluding hydrogens is 200 g/mol. The van der Waals surface area contributed by atoms with Gasteiger partial charge in [-0.3, -0.25) is 0 Å². The van der Waals surface area contributed by atoms with Crippen LogP contribution in [0.4, 0.5) is 0 Å². The molecule has 0 unspecified atom stereocenters. The summed E-state index contributed by atoms with van der Waals surface area (Å²) in [7, 11) is -4.97. The van der Waals surface area contributed by atoms with Crippen molar-refractivity contribution in [1.82, 2.24) is 0 Å². The summed E-state index contributed by atoms with van der Waals surface area (Å²) in [4.78, 5) is 0. The van der Waals surface area contributed by atoms with E-state index in [0.717, 1.165) is 0 Å². The van der Waals surface area contributed by atoms with Crippen molar-refractivity contribution < 1.29 is 22.6 Å². The van der Waals surface area contributed by atoms with E-state index < -0.39 is 10.4 Å². The van der Waals surface area contributed by atoms with Gasteiger partial charge in [-0.05, 0) is 0 Å². The monoisotopic (exact) mass is 200 g/mol. The Hall–Kier alpha value is 1.31. The van der Waals surface area contributed by atoms with Crippen LogP contribution in [0.3, 0.4) is 0 Å². The van der Waals surface area contributed by atoms with E-state index in [0.29, 0.717) is 0 Å². The van der Waals surface area contributed by atoms with Crippen LogP contribution in [0.25, 0.3) is 0 Å². The largest absolute Gasteiger partial charge is 2.00 e. The Morgan fingerprint density at radius 2 is 1.57 bits per heavy atom. The van der Waals surface area contributed by atoms with Crippen molar-refractivity contribution in [2.24, 2.45) is 0 Å². The molecule has 0 aromatic rings. The Morgan fingerprint density at radius 3 is 1.57 bits per heavy atom. The van der Waals surface area contributed by atoms with Crippen LogP contribution < -0.4 is 5.26 Å². The Labute approximate surface area is 77.4 Å². The van der Waals surface area contributed by atoms with E-state index in [1.54, 1.807) is 0 Å². The summed E-state index contributed by atoms with van der Waals surface area (Å²) in [5.41, 5.74) is 0. The summed E-state index contributed by atoms with van der Waals surface area (Å²) in [6.07, 6.45) is 0. The fraction of sp³-hybridized carbons (Fsp3) is 0. The molecule has 0 atom stereocenters. The Balaban J connectivity index is 0. The van der Waals surface area contributed by atoms with Crippen LogP contribution in [0.1, 0.15) is 0 Å². The minimum atomic E-state index is -4.97. The van der Waals surface area contributed by atoms with Crippen LogP contribution in [-0.4, -0.2) is 58.5 Å². The molecule has 0 aliphatic rings. The van der Waals surface area contributed by atoms with Gasteiger partial charge in [-0.2, -0.15) is 0 Å². The minimum absolute atomic E-state index is 0. The molecule has 0 saturated carbocycles. The van der Waals surface area contributed by atoms with Crippen LogP contribution in [0.2, 0.25) is 0 Å². The zero-order valence-electron chi connectivity index (χ0n) is 3.16. The number of hydrogen-bond acceptors (Lipinski definition) is 5. The van der Waals surface area contributed by atoms with Crippen molar-refractivity contribution in [2.45, 2.75) is 0 Å². The Bertz CT molecular complexity index is 110. The second-order valence-corrected chi connectivity index (χ2v) is 1.43. The summed E-state index contributed by atoms with van der Waals surface area (Å²) in [6, 6.07) is 0. The maximum atomic E-state index is 8.91. The number of hydrogen-bond donors (Lipinski definition) is 0. The molecule has 5 nitrogen and oxygen atoms in total. The van der Waals surface area contributed by atoms with E-state index in [1.807, 2.05) is 0 Å². The van der Waals surface area contributed by atoms with Crippen molar-refractivity contribution >= 4 is 55.9 Å². The summed E-state index contributed by atoms with van der Waals surface area (Å²) in [6.45, 7) is 0. The van der Waals surface area contributed by atoms with Gasteiger partial charge in [-0.1, -0.05) is 0 Å². The summed E-state index contributed by atoms with van der Waals surface area (Å²) in [5.74, 6) is 0. The van der Waals surface area contributed by atoms with Gasteiger partial charge in [0.25, 0.3) is 0 Å².